The van der Waals surface area contributed by atoms with Crippen LogP contribution in [0.5, 0.6) is 0 Å². The SMILES string of the molecule is C[C@H](Nc1ccc(-c2nc3ccccc3s2)cc1)C(=O)N1CCCCC1. The van der Waals surface area contributed by atoms with Gasteiger partial charge in [-0.25, -0.2) is 4.98 Å². The Hall–Kier alpha value is -2.40. The first-order valence-electron chi connectivity index (χ1n) is 9.22. The lowest BCUT2D eigenvalue weighted by Crippen LogP contribution is -2.43. The van der Waals surface area contributed by atoms with Crippen LogP contribution in [0.25, 0.3) is 20.8 Å². The predicted molar refractivity (Wildman–Crippen MR) is 109 cm³/mol. The highest BCUT2D eigenvalue weighted by Gasteiger charge is 2.21. The number of aromatic nitrogens is 1. The predicted octanol–water partition coefficient (Wildman–Crippen LogP) is 4.78. The van der Waals surface area contributed by atoms with Gasteiger partial charge in [0.1, 0.15) is 11.0 Å². The molecule has 1 aliphatic rings. The van der Waals surface area contributed by atoms with E-state index in [1.807, 2.05) is 42.2 Å². The van der Waals surface area contributed by atoms with Crippen molar-refractivity contribution in [3.63, 3.8) is 0 Å². The number of nitrogens with one attached hydrogen (secondary N) is 1. The second kappa shape index (κ2) is 7.46. The number of likely N-dealkylation sites (tertiary alicyclic amines) is 1. The number of para-hydroxylation sites is 1. The molecule has 1 N–H and O–H groups in total. The summed E-state index contributed by atoms with van der Waals surface area (Å²) in [7, 11) is 0. The third-order valence-electron chi connectivity index (χ3n) is 4.85. The molecule has 26 heavy (non-hydrogen) atoms. The number of carbonyl (C=O) groups excluding carboxylic acids is 1. The first-order valence-corrected chi connectivity index (χ1v) is 10.0. The Morgan fingerprint density at radius 2 is 1.81 bits per heavy atom. The Kier molecular flexibility index (Phi) is 4.89. The van der Waals surface area contributed by atoms with Crippen LogP contribution in [0.15, 0.2) is 48.5 Å². The Labute approximate surface area is 157 Å². The van der Waals surface area contributed by atoms with E-state index in [1.54, 1.807) is 11.3 Å². The molecule has 0 saturated carbocycles. The summed E-state index contributed by atoms with van der Waals surface area (Å²) in [4.78, 5) is 19.2. The molecule has 4 rings (SSSR count). The van der Waals surface area contributed by atoms with Gasteiger partial charge >= 0.3 is 0 Å². The molecular weight excluding hydrogens is 342 g/mol. The lowest BCUT2D eigenvalue weighted by atomic mass is 10.1. The molecule has 5 heteroatoms. The third kappa shape index (κ3) is 3.58. The summed E-state index contributed by atoms with van der Waals surface area (Å²) in [5, 5.41) is 4.36. The van der Waals surface area contributed by atoms with E-state index >= 15 is 0 Å². The van der Waals surface area contributed by atoms with Gasteiger partial charge in [-0.3, -0.25) is 4.79 Å². The lowest BCUT2D eigenvalue weighted by molar-refractivity contribution is -0.132. The maximum absolute atomic E-state index is 12.5. The van der Waals surface area contributed by atoms with Crippen molar-refractivity contribution in [2.45, 2.75) is 32.2 Å². The minimum Gasteiger partial charge on any atom is -0.374 e. The number of hydrogen-bond donors (Lipinski definition) is 1. The topological polar surface area (TPSA) is 45.2 Å². The van der Waals surface area contributed by atoms with Gasteiger partial charge in [0.05, 0.1) is 10.2 Å². The zero-order valence-corrected chi connectivity index (χ0v) is 15.8. The van der Waals surface area contributed by atoms with Gasteiger partial charge in [0, 0.05) is 24.3 Å². The van der Waals surface area contributed by atoms with Crippen molar-refractivity contribution in [1.82, 2.24) is 9.88 Å². The molecule has 1 amide bonds. The first kappa shape index (κ1) is 17.0. The van der Waals surface area contributed by atoms with Crippen molar-refractivity contribution < 1.29 is 4.79 Å². The van der Waals surface area contributed by atoms with Crippen molar-refractivity contribution in [3.8, 4) is 10.6 Å². The monoisotopic (exact) mass is 365 g/mol. The minimum absolute atomic E-state index is 0.194. The van der Waals surface area contributed by atoms with Crippen LogP contribution in [0.3, 0.4) is 0 Å². The Bertz CT molecular complexity index is 864. The van der Waals surface area contributed by atoms with Crippen LogP contribution in [-0.4, -0.2) is 34.9 Å². The number of carbonyl (C=O) groups is 1. The van der Waals surface area contributed by atoms with Gasteiger partial charge in [0.2, 0.25) is 5.91 Å². The number of thiazole rings is 1. The number of amides is 1. The largest absolute Gasteiger partial charge is 0.374 e. The van der Waals surface area contributed by atoms with Crippen LogP contribution < -0.4 is 5.32 Å². The fourth-order valence-electron chi connectivity index (χ4n) is 3.40. The van der Waals surface area contributed by atoms with E-state index < -0.39 is 0 Å². The molecule has 0 aliphatic carbocycles. The number of nitrogens with zero attached hydrogens (tertiary/aromatic N) is 2. The minimum atomic E-state index is -0.207. The molecule has 1 aliphatic heterocycles. The van der Waals surface area contributed by atoms with Gasteiger partial charge in [-0.1, -0.05) is 12.1 Å². The molecule has 1 atom stereocenters. The highest BCUT2D eigenvalue weighted by atomic mass is 32.1. The van der Waals surface area contributed by atoms with E-state index in [9.17, 15) is 4.79 Å². The summed E-state index contributed by atoms with van der Waals surface area (Å²) in [6, 6.07) is 16.2. The fourth-order valence-corrected chi connectivity index (χ4v) is 4.38. The second-order valence-corrected chi connectivity index (χ2v) is 7.85. The third-order valence-corrected chi connectivity index (χ3v) is 5.93. The van der Waals surface area contributed by atoms with Crippen LogP contribution in [-0.2, 0) is 4.79 Å². The highest BCUT2D eigenvalue weighted by molar-refractivity contribution is 7.21. The van der Waals surface area contributed by atoms with Crippen molar-refractivity contribution in [2.75, 3.05) is 18.4 Å². The molecule has 0 bridgehead atoms. The first-order chi connectivity index (χ1) is 12.7. The van der Waals surface area contributed by atoms with Gasteiger partial charge in [-0.15, -0.1) is 11.3 Å². The molecule has 2 aromatic carbocycles. The van der Waals surface area contributed by atoms with Crippen LogP contribution in [0.4, 0.5) is 5.69 Å². The van der Waals surface area contributed by atoms with Gasteiger partial charge in [-0.05, 0) is 62.6 Å². The van der Waals surface area contributed by atoms with Crippen LogP contribution in [0, 0.1) is 0 Å². The molecule has 1 aromatic heterocycles. The number of benzene rings is 2. The summed E-state index contributed by atoms with van der Waals surface area (Å²) in [6.07, 6.45) is 3.48. The average Bonchev–Trinajstić information content (AvgIpc) is 3.13. The van der Waals surface area contributed by atoms with E-state index in [0.717, 1.165) is 47.7 Å². The Balaban J connectivity index is 1.44. The van der Waals surface area contributed by atoms with Gasteiger partial charge in [-0.2, -0.15) is 0 Å². The maximum atomic E-state index is 12.5. The molecular formula is C21H23N3OS. The normalized spacial score (nSPS) is 15.8. The van der Waals surface area contributed by atoms with Gasteiger partial charge in [0.25, 0.3) is 0 Å². The van der Waals surface area contributed by atoms with E-state index in [1.165, 1.54) is 11.1 Å². The summed E-state index contributed by atoms with van der Waals surface area (Å²) in [6.45, 7) is 3.72. The fraction of sp³-hybridized carbons (Fsp3) is 0.333. The lowest BCUT2D eigenvalue weighted by Gasteiger charge is -2.29. The van der Waals surface area contributed by atoms with Crippen LogP contribution in [0.1, 0.15) is 26.2 Å². The zero-order valence-electron chi connectivity index (χ0n) is 14.9. The van der Waals surface area contributed by atoms with Crippen LogP contribution >= 0.6 is 11.3 Å². The van der Waals surface area contributed by atoms with Gasteiger partial charge < -0.3 is 10.2 Å². The summed E-state index contributed by atoms with van der Waals surface area (Å²) >= 11 is 1.70. The molecule has 4 nitrogen and oxygen atoms in total. The van der Waals surface area contributed by atoms with E-state index in [-0.39, 0.29) is 11.9 Å². The molecule has 0 unspecified atom stereocenters. The number of piperidine rings is 1. The van der Waals surface area contributed by atoms with Crippen molar-refractivity contribution >= 4 is 33.1 Å². The van der Waals surface area contributed by atoms with Crippen molar-refractivity contribution in [2.24, 2.45) is 0 Å². The maximum Gasteiger partial charge on any atom is 0.244 e. The van der Waals surface area contributed by atoms with E-state index in [0.29, 0.717) is 0 Å². The number of rotatable bonds is 4. The second-order valence-electron chi connectivity index (χ2n) is 6.82. The smallest absolute Gasteiger partial charge is 0.244 e. The van der Waals surface area contributed by atoms with Crippen LogP contribution in [0.2, 0.25) is 0 Å². The van der Waals surface area contributed by atoms with E-state index in [2.05, 4.69) is 23.5 Å². The number of anilines is 1. The zero-order chi connectivity index (χ0) is 17.9. The van der Waals surface area contributed by atoms with Gasteiger partial charge in [0.15, 0.2) is 0 Å². The molecule has 1 saturated heterocycles. The molecule has 1 fully saturated rings. The summed E-state index contributed by atoms with van der Waals surface area (Å²) in [5.74, 6) is 0.194. The molecule has 2 heterocycles. The molecule has 0 spiro atoms. The average molecular weight is 366 g/mol. The van der Waals surface area contributed by atoms with Crippen molar-refractivity contribution in [3.05, 3.63) is 48.5 Å². The molecule has 0 radical (unpaired) electrons. The van der Waals surface area contributed by atoms with Crippen molar-refractivity contribution in [1.29, 1.82) is 0 Å². The standard InChI is InChI=1S/C21H23N3OS/c1-15(21(25)24-13-5-2-6-14-24)22-17-11-9-16(10-12-17)20-23-18-7-3-4-8-19(18)26-20/h3-4,7-12,15,22H,2,5-6,13-14H2,1H3/t15-/m0/s1. The Morgan fingerprint density at radius 3 is 2.54 bits per heavy atom. The summed E-state index contributed by atoms with van der Waals surface area (Å²) < 4.78 is 1.20. The quantitative estimate of drug-likeness (QED) is 0.724. The summed E-state index contributed by atoms with van der Waals surface area (Å²) in [5.41, 5.74) is 3.11. The Morgan fingerprint density at radius 1 is 1.08 bits per heavy atom. The molecule has 134 valence electrons. The highest BCUT2D eigenvalue weighted by Crippen LogP contribution is 2.30. The van der Waals surface area contributed by atoms with E-state index in [4.69, 9.17) is 4.98 Å². The number of hydrogen-bond acceptors (Lipinski definition) is 4. The number of fused-ring (bicyclic) bond motifs is 1. The molecule has 3 aromatic rings.